The molecule has 1 aromatic carbocycles. The van der Waals surface area contributed by atoms with Gasteiger partial charge in [0.25, 0.3) is 0 Å². The second-order valence-corrected chi connectivity index (χ2v) is 5.29. The van der Waals surface area contributed by atoms with Gasteiger partial charge in [-0.2, -0.15) is 0 Å². The molecule has 3 nitrogen and oxygen atoms in total. The van der Waals surface area contributed by atoms with Crippen LogP contribution in [-0.4, -0.2) is 15.0 Å². The molecule has 0 saturated heterocycles. The highest BCUT2D eigenvalue weighted by Gasteiger charge is 2.14. The minimum absolute atomic E-state index is 0.583. The molecule has 2 heterocycles. The Morgan fingerprint density at radius 1 is 1.05 bits per heavy atom. The lowest BCUT2D eigenvalue weighted by Crippen LogP contribution is -1.87. The zero-order valence-electron chi connectivity index (χ0n) is 10.7. The van der Waals surface area contributed by atoms with E-state index in [0.717, 1.165) is 28.5 Å². The van der Waals surface area contributed by atoms with E-state index < -0.39 is 0 Å². The minimum Gasteiger partial charge on any atom is -0.340 e. The first-order valence-electron chi connectivity index (χ1n) is 6.08. The molecule has 20 heavy (non-hydrogen) atoms. The number of pyridine rings is 1. The topological polar surface area (TPSA) is 41.6 Å². The van der Waals surface area contributed by atoms with Gasteiger partial charge in [-0.15, -0.1) is 0 Å². The van der Waals surface area contributed by atoms with Crippen LogP contribution in [0, 0.1) is 6.92 Å². The molecule has 0 atom stereocenters. The van der Waals surface area contributed by atoms with Crippen molar-refractivity contribution < 1.29 is 0 Å². The fourth-order valence-corrected chi connectivity index (χ4v) is 2.61. The van der Waals surface area contributed by atoms with Crippen LogP contribution in [-0.2, 0) is 0 Å². The van der Waals surface area contributed by atoms with Crippen LogP contribution < -0.4 is 0 Å². The largest absolute Gasteiger partial charge is 0.340 e. The fourth-order valence-electron chi connectivity index (χ4n) is 2.09. The van der Waals surface area contributed by atoms with Gasteiger partial charge in [-0.25, -0.2) is 4.98 Å². The first-order valence-corrected chi connectivity index (χ1v) is 6.83. The molecule has 0 radical (unpaired) electrons. The van der Waals surface area contributed by atoms with Gasteiger partial charge >= 0.3 is 0 Å². The van der Waals surface area contributed by atoms with Gasteiger partial charge in [0.05, 0.1) is 17.1 Å². The lowest BCUT2D eigenvalue weighted by molar-refractivity contribution is 1.15. The summed E-state index contributed by atoms with van der Waals surface area (Å²) in [7, 11) is 0. The Morgan fingerprint density at radius 2 is 1.80 bits per heavy atom. The molecular formula is C15H11Cl2N3. The number of imidazole rings is 1. The molecule has 1 N–H and O–H groups in total. The van der Waals surface area contributed by atoms with Gasteiger partial charge in [0.15, 0.2) is 0 Å². The third kappa shape index (κ3) is 2.55. The van der Waals surface area contributed by atoms with Gasteiger partial charge in [0, 0.05) is 21.8 Å². The number of hydrogen-bond acceptors (Lipinski definition) is 2. The molecular weight excluding hydrogens is 293 g/mol. The second kappa shape index (κ2) is 5.27. The number of halogens is 2. The van der Waals surface area contributed by atoms with E-state index in [1.807, 2.05) is 37.3 Å². The average Bonchev–Trinajstić information content (AvgIpc) is 2.81. The van der Waals surface area contributed by atoms with E-state index in [-0.39, 0.29) is 0 Å². The van der Waals surface area contributed by atoms with Crippen LogP contribution in [0.5, 0.6) is 0 Å². The summed E-state index contributed by atoms with van der Waals surface area (Å²) in [5, 5.41) is 1.17. The number of nitrogens with zero attached hydrogens (tertiary/aromatic N) is 2. The van der Waals surface area contributed by atoms with Gasteiger partial charge < -0.3 is 4.98 Å². The number of hydrogen-bond donors (Lipinski definition) is 1. The number of aromatic amines is 1. The highest BCUT2D eigenvalue weighted by molar-refractivity contribution is 6.35. The third-order valence-electron chi connectivity index (χ3n) is 2.88. The molecule has 2 aromatic heterocycles. The number of benzene rings is 1. The standard InChI is InChI=1S/C15H11Cl2N3/c1-9-19-14(10-6-11(16)8-12(17)7-10)15(20-9)13-4-2-3-5-18-13/h2-8H,1H3,(H,19,20). The summed E-state index contributed by atoms with van der Waals surface area (Å²) in [6, 6.07) is 11.1. The van der Waals surface area contributed by atoms with Crippen molar-refractivity contribution in [3.05, 3.63) is 58.5 Å². The maximum Gasteiger partial charge on any atom is 0.104 e. The monoisotopic (exact) mass is 303 g/mol. The molecule has 0 aliphatic carbocycles. The van der Waals surface area contributed by atoms with Crippen molar-refractivity contribution in [2.75, 3.05) is 0 Å². The van der Waals surface area contributed by atoms with Crippen molar-refractivity contribution in [3.8, 4) is 22.6 Å². The molecule has 0 aliphatic rings. The number of nitrogens with one attached hydrogen (secondary N) is 1. The van der Waals surface area contributed by atoms with Crippen molar-refractivity contribution in [3.63, 3.8) is 0 Å². The van der Waals surface area contributed by atoms with Crippen molar-refractivity contribution in [1.29, 1.82) is 0 Å². The van der Waals surface area contributed by atoms with E-state index in [2.05, 4.69) is 15.0 Å². The molecule has 0 amide bonds. The number of H-pyrrole nitrogens is 1. The quantitative estimate of drug-likeness (QED) is 0.742. The van der Waals surface area contributed by atoms with E-state index in [1.165, 1.54) is 0 Å². The van der Waals surface area contributed by atoms with Gasteiger partial charge in [-0.3, -0.25) is 4.98 Å². The van der Waals surface area contributed by atoms with Gasteiger partial charge in [0.2, 0.25) is 0 Å². The lowest BCUT2D eigenvalue weighted by atomic mass is 10.1. The molecule has 0 bridgehead atoms. The maximum atomic E-state index is 6.07. The predicted molar refractivity (Wildman–Crippen MR) is 82.0 cm³/mol. The summed E-state index contributed by atoms with van der Waals surface area (Å²) >= 11 is 12.1. The van der Waals surface area contributed by atoms with Gasteiger partial charge in [0.1, 0.15) is 5.82 Å². The summed E-state index contributed by atoms with van der Waals surface area (Å²) in [6.07, 6.45) is 1.75. The van der Waals surface area contributed by atoms with Crippen LogP contribution in [0.25, 0.3) is 22.6 Å². The molecule has 0 unspecified atom stereocenters. The van der Waals surface area contributed by atoms with Gasteiger partial charge in [-0.05, 0) is 37.3 Å². The highest BCUT2D eigenvalue weighted by Crippen LogP contribution is 2.32. The molecule has 3 aromatic rings. The number of aryl methyl sites for hydroxylation is 1. The summed E-state index contributed by atoms with van der Waals surface area (Å²) in [4.78, 5) is 12.1. The molecule has 5 heteroatoms. The third-order valence-corrected chi connectivity index (χ3v) is 3.32. The van der Waals surface area contributed by atoms with Crippen LogP contribution in [0.1, 0.15) is 5.82 Å². The van der Waals surface area contributed by atoms with Crippen LogP contribution in [0.3, 0.4) is 0 Å². The van der Waals surface area contributed by atoms with Crippen LogP contribution in [0.2, 0.25) is 10.0 Å². The van der Waals surface area contributed by atoms with E-state index in [9.17, 15) is 0 Å². The average molecular weight is 304 g/mol. The Bertz CT molecular complexity index is 731. The summed E-state index contributed by atoms with van der Waals surface area (Å²) in [6.45, 7) is 1.90. The molecule has 0 saturated carbocycles. The Labute approximate surface area is 126 Å². The molecule has 100 valence electrons. The summed E-state index contributed by atoms with van der Waals surface area (Å²) < 4.78 is 0. The molecule has 0 spiro atoms. The van der Waals surface area contributed by atoms with Crippen LogP contribution >= 0.6 is 23.2 Å². The van der Waals surface area contributed by atoms with Crippen molar-refractivity contribution >= 4 is 23.2 Å². The highest BCUT2D eigenvalue weighted by atomic mass is 35.5. The zero-order valence-corrected chi connectivity index (χ0v) is 12.2. The molecule has 0 fully saturated rings. The molecule has 0 aliphatic heterocycles. The smallest absolute Gasteiger partial charge is 0.104 e. The zero-order chi connectivity index (χ0) is 14.1. The minimum atomic E-state index is 0.583. The maximum absolute atomic E-state index is 6.07. The predicted octanol–water partition coefficient (Wildman–Crippen LogP) is 4.75. The molecule has 3 rings (SSSR count). The Kier molecular flexibility index (Phi) is 3.47. The van der Waals surface area contributed by atoms with Crippen LogP contribution in [0.4, 0.5) is 0 Å². The fraction of sp³-hybridized carbons (Fsp3) is 0.0667. The first-order chi connectivity index (χ1) is 9.63. The van der Waals surface area contributed by atoms with E-state index in [1.54, 1.807) is 12.3 Å². The Hall–Kier alpha value is -1.84. The van der Waals surface area contributed by atoms with E-state index >= 15 is 0 Å². The van der Waals surface area contributed by atoms with Crippen molar-refractivity contribution in [1.82, 2.24) is 15.0 Å². The normalized spacial score (nSPS) is 10.8. The Morgan fingerprint density at radius 3 is 2.45 bits per heavy atom. The van der Waals surface area contributed by atoms with Crippen LogP contribution in [0.15, 0.2) is 42.6 Å². The number of rotatable bonds is 2. The second-order valence-electron chi connectivity index (χ2n) is 4.42. The Balaban J connectivity index is 2.19. The number of aromatic nitrogens is 3. The summed E-state index contributed by atoms with van der Waals surface area (Å²) in [5.74, 6) is 0.816. The van der Waals surface area contributed by atoms with E-state index in [0.29, 0.717) is 10.0 Å². The van der Waals surface area contributed by atoms with Crippen molar-refractivity contribution in [2.45, 2.75) is 6.92 Å². The first kappa shape index (κ1) is 13.2. The van der Waals surface area contributed by atoms with Gasteiger partial charge in [-0.1, -0.05) is 29.3 Å². The summed E-state index contributed by atoms with van der Waals surface area (Å²) in [5.41, 5.74) is 3.36. The van der Waals surface area contributed by atoms with Crippen molar-refractivity contribution in [2.24, 2.45) is 0 Å². The van der Waals surface area contributed by atoms with E-state index in [4.69, 9.17) is 23.2 Å². The lowest BCUT2D eigenvalue weighted by Gasteiger charge is -2.04. The SMILES string of the molecule is Cc1nc(-c2cc(Cl)cc(Cl)c2)c(-c2ccccn2)[nH]1.